The van der Waals surface area contributed by atoms with Crippen LogP contribution in [0.4, 0.5) is 0 Å². The number of pyridine rings is 1. The second kappa shape index (κ2) is 9.25. The van der Waals surface area contributed by atoms with Crippen LogP contribution in [0, 0.1) is 0 Å². The standard InChI is InChI=1S/C21H28N6O/c28-26-23-13-3-4-14-27(15-20-24-17-9-1-2-10-18(17)25-20)19-11-5-7-16-8-6-12-22-21(16)19/h1-2,6,8-10,12,19,23,26,28H,3-5,7,11,13-15H2,(H,24,25)/t19-/m0/s1. The lowest BCUT2D eigenvalue weighted by molar-refractivity contribution is 0.117. The predicted octanol–water partition coefficient (Wildman–Crippen LogP) is 3.10. The first-order chi connectivity index (χ1) is 13.8. The molecule has 4 rings (SSSR count). The quantitative estimate of drug-likeness (QED) is 0.337. The van der Waals surface area contributed by atoms with Crippen molar-refractivity contribution in [3.05, 3.63) is 59.7 Å². The Bertz CT molecular complexity index is 862. The van der Waals surface area contributed by atoms with Crippen LogP contribution in [0.3, 0.4) is 0 Å². The molecule has 7 heteroatoms. The van der Waals surface area contributed by atoms with Gasteiger partial charge in [-0.3, -0.25) is 9.88 Å². The van der Waals surface area contributed by atoms with Gasteiger partial charge in [-0.1, -0.05) is 18.2 Å². The van der Waals surface area contributed by atoms with Crippen LogP contribution >= 0.6 is 0 Å². The molecule has 1 atom stereocenters. The fraction of sp³-hybridized carbons (Fsp3) is 0.429. The van der Waals surface area contributed by atoms with E-state index in [-0.39, 0.29) is 0 Å². The van der Waals surface area contributed by atoms with Crippen molar-refractivity contribution >= 4 is 11.0 Å². The summed E-state index contributed by atoms with van der Waals surface area (Å²) in [6.45, 7) is 2.47. The second-order valence-corrected chi connectivity index (χ2v) is 7.37. The monoisotopic (exact) mass is 380 g/mol. The van der Waals surface area contributed by atoms with Crippen molar-refractivity contribution in [2.24, 2.45) is 0 Å². The molecule has 0 radical (unpaired) electrons. The van der Waals surface area contributed by atoms with Gasteiger partial charge in [-0.25, -0.2) is 10.4 Å². The number of benzene rings is 1. The number of aromatic nitrogens is 3. The SMILES string of the molecule is ONNCCCCN(Cc1nc2ccccc2[nH]1)[C@H]1CCCc2cccnc21. The number of aryl methyl sites for hydroxylation is 1. The van der Waals surface area contributed by atoms with Gasteiger partial charge in [-0.05, 0) is 62.4 Å². The number of H-pyrrole nitrogens is 1. The zero-order valence-corrected chi connectivity index (χ0v) is 16.1. The molecule has 2 aromatic heterocycles. The zero-order valence-electron chi connectivity index (χ0n) is 16.1. The lowest BCUT2D eigenvalue weighted by Gasteiger charge is -2.34. The lowest BCUT2D eigenvalue weighted by Crippen LogP contribution is -2.34. The number of nitrogens with zero attached hydrogens (tertiary/aromatic N) is 3. The number of aromatic amines is 1. The van der Waals surface area contributed by atoms with Gasteiger partial charge >= 0.3 is 0 Å². The van der Waals surface area contributed by atoms with E-state index in [0.717, 1.165) is 62.2 Å². The molecule has 0 aliphatic heterocycles. The molecule has 0 saturated heterocycles. The van der Waals surface area contributed by atoms with Crippen molar-refractivity contribution in [3.8, 4) is 0 Å². The molecular weight excluding hydrogens is 352 g/mol. The summed E-state index contributed by atoms with van der Waals surface area (Å²) in [5, 5.41) is 8.66. The first-order valence-electron chi connectivity index (χ1n) is 10.1. The van der Waals surface area contributed by atoms with E-state index >= 15 is 0 Å². The smallest absolute Gasteiger partial charge is 0.121 e. The minimum Gasteiger partial charge on any atom is -0.341 e. The molecule has 1 aliphatic carbocycles. The minimum absolute atomic E-state index is 0.321. The van der Waals surface area contributed by atoms with Gasteiger partial charge in [-0.2, -0.15) is 0 Å². The molecule has 7 nitrogen and oxygen atoms in total. The average molecular weight is 380 g/mol. The molecule has 0 spiro atoms. The fourth-order valence-corrected chi connectivity index (χ4v) is 4.14. The van der Waals surface area contributed by atoms with Crippen molar-refractivity contribution in [3.63, 3.8) is 0 Å². The van der Waals surface area contributed by atoms with Crippen LogP contribution in [0.1, 0.15) is 48.8 Å². The number of para-hydroxylation sites is 2. The number of hydrogen-bond donors (Lipinski definition) is 4. The van der Waals surface area contributed by atoms with Gasteiger partial charge in [0, 0.05) is 12.7 Å². The molecule has 0 fully saturated rings. The van der Waals surface area contributed by atoms with Gasteiger partial charge in [0.05, 0.1) is 29.3 Å². The molecule has 0 unspecified atom stereocenters. The highest BCUT2D eigenvalue weighted by Crippen LogP contribution is 2.33. The van der Waals surface area contributed by atoms with Gasteiger partial charge in [-0.15, -0.1) is 5.59 Å². The highest BCUT2D eigenvalue weighted by molar-refractivity contribution is 5.74. The van der Waals surface area contributed by atoms with Gasteiger partial charge in [0.15, 0.2) is 0 Å². The van der Waals surface area contributed by atoms with E-state index in [2.05, 4.69) is 27.4 Å². The Morgan fingerprint density at radius 2 is 2.11 bits per heavy atom. The lowest BCUT2D eigenvalue weighted by atomic mass is 9.90. The molecule has 148 valence electrons. The number of hydrazine groups is 1. The first-order valence-corrected chi connectivity index (χ1v) is 10.1. The summed E-state index contributed by atoms with van der Waals surface area (Å²) in [7, 11) is 0. The third-order valence-electron chi connectivity index (χ3n) is 5.47. The van der Waals surface area contributed by atoms with Gasteiger partial charge in [0.25, 0.3) is 0 Å². The van der Waals surface area contributed by atoms with E-state index in [4.69, 9.17) is 15.2 Å². The molecule has 3 aromatic rings. The van der Waals surface area contributed by atoms with E-state index < -0.39 is 0 Å². The maximum absolute atomic E-state index is 8.66. The van der Waals surface area contributed by atoms with E-state index in [1.54, 1.807) is 0 Å². The maximum atomic E-state index is 8.66. The molecule has 1 aromatic carbocycles. The first kappa shape index (κ1) is 19.0. The normalized spacial score (nSPS) is 16.6. The Kier molecular flexibility index (Phi) is 6.28. The zero-order chi connectivity index (χ0) is 19.2. The number of unbranched alkanes of at least 4 members (excludes halogenated alkanes) is 1. The highest BCUT2D eigenvalue weighted by Gasteiger charge is 2.27. The minimum atomic E-state index is 0.321. The van der Waals surface area contributed by atoms with E-state index in [0.29, 0.717) is 6.04 Å². The number of hydrogen-bond acceptors (Lipinski definition) is 6. The highest BCUT2D eigenvalue weighted by atomic mass is 16.5. The summed E-state index contributed by atoms with van der Waals surface area (Å²) in [6, 6.07) is 12.7. The predicted molar refractivity (Wildman–Crippen MR) is 109 cm³/mol. The van der Waals surface area contributed by atoms with Crippen LogP contribution in [0.5, 0.6) is 0 Å². The van der Waals surface area contributed by atoms with Crippen LogP contribution in [-0.4, -0.2) is 38.1 Å². The summed E-state index contributed by atoms with van der Waals surface area (Å²) in [5.41, 5.74) is 9.43. The number of rotatable bonds is 9. The molecule has 0 bridgehead atoms. The van der Waals surface area contributed by atoms with Crippen LogP contribution in [0.25, 0.3) is 11.0 Å². The number of fused-ring (bicyclic) bond motifs is 2. The van der Waals surface area contributed by atoms with Gasteiger partial charge < -0.3 is 10.2 Å². The van der Waals surface area contributed by atoms with Crippen molar-refractivity contribution < 1.29 is 5.21 Å². The third kappa shape index (κ3) is 4.39. The average Bonchev–Trinajstić information content (AvgIpc) is 3.15. The van der Waals surface area contributed by atoms with E-state index in [1.165, 1.54) is 17.7 Å². The Labute approximate surface area is 165 Å². The van der Waals surface area contributed by atoms with E-state index in [9.17, 15) is 0 Å². The molecule has 28 heavy (non-hydrogen) atoms. The third-order valence-corrected chi connectivity index (χ3v) is 5.47. The van der Waals surface area contributed by atoms with Crippen molar-refractivity contribution in [1.29, 1.82) is 0 Å². The Balaban J connectivity index is 1.53. The Hall–Kier alpha value is -2.32. The van der Waals surface area contributed by atoms with Crippen molar-refractivity contribution in [2.75, 3.05) is 13.1 Å². The maximum Gasteiger partial charge on any atom is 0.121 e. The molecule has 0 saturated carbocycles. The molecule has 1 aliphatic rings. The van der Waals surface area contributed by atoms with Crippen LogP contribution in [0.2, 0.25) is 0 Å². The summed E-state index contributed by atoms with van der Waals surface area (Å²) in [4.78, 5) is 15.5. The van der Waals surface area contributed by atoms with Crippen molar-refractivity contribution in [2.45, 2.75) is 44.7 Å². The Morgan fingerprint density at radius 1 is 1.18 bits per heavy atom. The van der Waals surface area contributed by atoms with Crippen LogP contribution in [0.15, 0.2) is 42.6 Å². The van der Waals surface area contributed by atoms with Crippen molar-refractivity contribution in [1.82, 2.24) is 30.9 Å². The molecular formula is C21H28N6O. The number of imidazole rings is 1. The van der Waals surface area contributed by atoms with E-state index in [1.807, 2.05) is 36.1 Å². The van der Waals surface area contributed by atoms with Gasteiger partial charge in [0.2, 0.25) is 0 Å². The summed E-state index contributed by atoms with van der Waals surface area (Å²) < 4.78 is 0. The van der Waals surface area contributed by atoms with Crippen LogP contribution < -0.4 is 11.0 Å². The number of nitrogens with one attached hydrogen (secondary N) is 3. The largest absolute Gasteiger partial charge is 0.341 e. The summed E-state index contributed by atoms with van der Waals surface area (Å²) in [5.74, 6) is 0.999. The van der Waals surface area contributed by atoms with Gasteiger partial charge in [0.1, 0.15) is 5.82 Å². The molecule has 4 N–H and O–H groups in total. The summed E-state index contributed by atoms with van der Waals surface area (Å²) in [6.07, 6.45) is 7.35. The topological polar surface area (TPSA) is 89.1 Å². The summed E-state index contributed by atoms with van der Waals surface area (Å²) >= 11 is 0. The second-order valence-electron chi connectivity index (χ2n) is 7.37. The van der Waals surface area contributed by atoms with Crippen LogP contribution in [-0.2, 0) is 13.0 Å². The Morgan fingerprint density at radius 3 is 3.00 bits per heavy atom. The molecule has 2 heterocycles. The fourth-order valence-electron chi connectivity index (χ4n) is 4.14. The molecule has 0 amide bonds.